The van der Waals surface area contributed by atoms with Gasteiger partial charge in [-0.25, -0.2) is 0 Å². The molecule has 0 N–H and O–H groups in total. The molecule has 2 unspecified atom stereocenters. The normalized spacial score (nSPS) is 23.9. The van der Waals surface area contributed by atoms with Gasteiger partial charge in [0.25, 0.3) is 0 Å². The number of rotatable bonds is 11. The Hall–Kier alpha value is -2.63. The van der Waals surface area contributed by atoms with E-state index in [2.05, 4.69) is 25.1 Å². The molecule has 2 aromatic rings. The van der Waals surface area contributed by atoms with Crippen molar-refractivity contribution in [1.29, 1.82) is 0 Å². The van der Waals surface area contributed by atoms with E-state index in [0.717, 1.165) is 55.4 Å². The SMILES string of the molecule is CCCCC[C@H]1OC(=O)[C@H](C)C(OCc2ccc(OC)cc2)/C=C\CCC1OCc1ccccc1. The Kier molecular flexibility index (Phi) is 11.3. The van der Waals surface area contributed by atoms with E-state index in [1.165, 1.54) is 0 Å². The van der Waals surface area contributed by atoms with Crippen molar-refractivity contribution >= 4 is 5.97 Å². The first-order valence-corrected chi connectivity index (χ1v) is 12.9. The first kappa shape index (κ1) is 27.0. The van der Waals surface area contributed by atoms with Crippen LogP contribution in [0, 0.1) is 5.92 Å². The minimum absolute atomic E-state index is 0.135. The average molecular weight is 481 g/mol. The summed E-state index contributed by atoms with van der Waals surface area (Å²) < 4.78 is 23.8. The van der Waals surface area contributed by atoms with E-state index in [-0.39, 0.29) is 24.3 Å². The lowest BCUT2D eigenvalue weighted by Crippen LogP contribution is -2.38. The number of hydrogen-bond donors (Lipinski definition) is 0. The highest BCUT2D eigenvalue weighted by molar-refractivity contribution is 5.73. The molecule has 0 radical (unpaired) electrons. The second-order valence-corrected chi connectivity index (χ2v) is 9.22. The quantitative estimate of drug-likeness (QED) is 0.205. The Morgan fingerprint density at radius 3 is 2.37 bits per heavy atom. The second-order valence-electron chi connectivity index (χ2n) is 9.22. The van der Waals surface area contributed by atoms with Crippen molar-refractivity contribution in [2.24, 2.45) is 5.92 Å². The number of cyclic esters (lactones) is 1. The Morgan fingerprint density at radius 2 is 1.66 bits per heavy atom. The Balaban J connectivity index is 1.67. The number of carbonyl (C=O) groups excluding carboxylic acids is 1. The molecule has 0 aromatic heterocycles. The number of carbonyl (C=O) groups is 1. The first-order chi connectivity index (χ1) is 17.1. The Labute approximate surface area is 210 Å². The number of methoxy groups -OCH3 is 1. The number of esters is 1. The third-order valence-corrected chi connectivity index (χ3v) is 6.49. The van der Waals surface area contributed by atoms with Gasteiger partial charge in [-0.05, 0) is 55.9 Å². The number of allylic oxidation sites excluding steroid dienone is 1. The molecule has 0 saturated heterocycles. The summed E-state index contributed by atoms with van der Waals surface area (Å²) in [5.41, 5.74) is 2.16. The monoisotopic (exact) mass is 480 g/mol. The van der Waals surface area contributed by atoms with Crippen molar-refractivity contribution in [2.45, 2.75) is 83.9 Å². The molecule has 0 saturated carbocycles. The van der Waals surface area contributed by atoms with Gasteiger partial charge in [0, 0.05) is 0 Å². The second kappa shape index (κ2) is 14.7. The standard InChI is InChI=1S/C30H40O5/c1-4-5-7-16-29-28(34-21-24-12-8-6-9-13-24)15-11-10-14-27(23(2)30(31)35-29)33-22-25-17-19-26(32-3)20-18-25/h6,8-10,12-14,17-20,23,27-29H,4-5,7,11,15-16,21-22H2,1-3H3/b14-10-/t23-,27?,28?,29-/m1/s1. The molecule has 0 amide bonds. The van der Waals surface area contributed by atoms with Crippen LogP contribution >= 0.6 is 0 Å². The molecule has 35 heavy (non-hydrogen) atoms. The summed E-state index contributed by atoms with van der Waals surface area (Å²) in [5, 5.41) is 0. The zero-order valence-electron chi connectivity index (χ0n) is 21.4. The van der Waals surface area contributed by atoms with Gasteiger partial charge < -0.3 is 18.9 Å². The molecule has 0 bridgehead atoms. The van der Waals surface area contributed by atoms with Crippen LogP contribution in [0.2, 0.25) is 0 Å². The Bertz CT molecular complexity index is 893. The van der Waals surface area contributed by atoms with Crippen molar-refractivity contribution < 1.29 is 23.7 Å². The molecule has 3 rings (SSSR count). The fraction of sp³-hybridized carbons (Fsp3) is 0.500. The van der Waals surface area contributed by atoms with Crippen molar-refractivity contribution in [1.82, 2.24) is 0 Å². The number of hydrogen-bond acceptors (Lipinski definition) is 5. The molecule has 0 fully saturated rings. The zero-order valence-corrected chi connectivity index (χ0v) is 21.4. The van der Waals surface area contributed by atoms with Gasteiger partial charge in [0.2, 0.25) is 0 Å². The number of ether oxygens (including phenoxy) is 4. The molecular formula is C30H40O5. The molecule has 1 heterocycles. The van der Waals surface area contributed by atoms with Crippen LogP contribution < -0.4 is 4.74 Å². The molecule has 1 aliphatic heterocycles. The fourth-order valence-corrected chi connectivity index (χ4v) is 4.23. The Morgan fingerprint density at radius 1 is 0.943 bits per heavy atom. The highest BCUT2D eigenvalue weighted by atomic mass is 16.6. The summed E-state index contributed by atoms with van der Waals surface area (Å²) in [6.45, 7) is 5.00. The van der Waals surface area contributed by atoms with E-state index >= 15 is 0 Å². The van der Waals surface area contributed by atoms with Crippen LogP contribution in [0.25, 0.3) is 0 Å². The molecule has 1 aliphatic rings. The van der Waals surface area contributed by atoms with Crippen LogP contribution in [-0.2, 0) is 32.2 Å². The van der Waals surface area contributed by atoms with E-state index in [1.807, 2.05) is 55.5 Å². The lowest BCUT2D eigenvalue weighted by Gasteiger charge is -2.30. The van der Waals surface area contributed by atoms with Crippen LogP contribution in [0.1, 0.15) is 63.5 Å². The molecule has 2 aromatic carbocycles. The molecule has 4 atom stereocenters. The average Bonchev–Trinajstić information content (AvgIpc) is 2.89. The van der Waals surface area contributed by atoms with Gasteiger partial charge in [0.15, 0.2) is 0 Å². The number of benzene rings is 2. The summed E-state index contributed by atoms with van der Waals surface area (Å²) >= 11 is 0. The van der Waals surface area contributed by atoms with Gasteiger partial charge in [0.05, 0.1) is 38.4 Å². The molecule has 5 nitrogen and oxygen atoms in total. The number of unbranched alkanes of at least 4 members (excludes halogenated alkanes) is 2. The van der Waals surface area contributed by atoms with E-state index in [4.69, 9.17) is 18.9 Å². The van der Waals surface area contributed by atoms with Crippen molar-refractivity contribution in [2.75, 3.05) is 7.11 Å². The maximum absolute atomic E-state index is 13.2. The summed E-state index contributed by atoms with van der Waals surface area (Å²) in [5.74, 6) is 0.166. The molecular weight excluding hydrogens is 440 g/mol. The lowest BCUT2D eigenvalue weighted by molar-refractivity contribution is -0.168. The summed E-state index contributed by atoms with van der Waals surface area (Å²) in [4.78, 5) is 13.2. The highest BCUT2D eigenvalue weighted by Gasteiger charge is 2.31. The predicted octanol–water partition coefficient (Wildman–Crippen LogP) is 6.64. The van der Waals surface area contributed by atoms with E-state index < -0.39 is 5.92 Å². The maximum atomic E-state index is 13.2. The van der Waals surface area contributed by atoms with Crippen LogP contribution in [0.4, 0.5) is 0 Å². The van der Waals surface area contributed by atoms with Gasteiger partial charge in [-0.3, -0.25) is 4.79 Å². The summed E-state index contributed by atoms with van der Waals surface area (Å²) in [7, 11) is 1.65. The minimum atomic E-state index is -0.411. The lowest BCUT2D eigenvalue weighted by atomic mass is 9.98. The van der Waals surface area contributed by atoms with Crippen LogP contribution in [0.5, 0.6) is 5.75 Å². The predicted molar refractivity (Wildman–Crippen MR) is 138 cm³/mol. The smallest absolute Gasteiger partial charge is 0.312 e. The summed E-state index contributed by atoms with van der Waals surface area (Å²) in [6.07, 6.45) is 9.09. The molecule has 0 aliphatic carbocycles. The molecule has 5 heteroatoms. The topological polar surface area (TPSA) is 54.0 Å². The zero-order chi connectivity index (χ0) is 24.9. The third kappa shape index (κ3) is 8.83. The third-order valence-electron chi connectivity index (χ3n) is 6.49. The summed E-state index contributed by atoms with van der Waals surface area (Å²) in [6, 6.07) is 17.9. The fourth-order valence-electron chi connectivity index (χ4n) is 4.23. The van der Waals surface area contributed by atoms with Gasteiger partial charge >= 0.3 is 5.97 Å². The molecule has 190 valence electrons. The van der Waals surface area contributed by atoms with Crippen molar-refractivity contribution in [3.05, 3.63) is 77.9 Å². The largest absolute Gasteiger partial charge is 0.497 e. The van der Waals surface area contributed by atoms with E-state index in [0.29, 0.717) is 13.2 Å². The van der Waals surface area contributed by atoms with E-state index in [9.17, 15) is 4.79 Å². The van der Waals surface area contributed by atoms with Gasteiger partial charge in [-0.15, -0.1) is 0 Å². The van der Waals surface area contributed by atoms with E-state index in [1.54, 1.807) is 7.11 Å². The first-order valence-electron chi connectivity index (χ1n) is 12.9. The van der Waals surface area contributed by atoms with Crippen LogP contribution in [0.15, 0.2) is 66.7 Å². The molecule has 0 spiro atoms. The maximum Gasteiger partial charge on any atom is 0.312 e. The van der Waals surface area contributed by atoms with Gasteiger partial charge in [-0.1, -0.05) is 74.4 Å². The van der Waals surface area contributed by atoms with Crippen molar-refractivity contribution in [3.63, 3.8) is 0 Å². The van der Waals surface area contributed by atoms with Gasteiger partial charge in [-0.2, -0.15) is 0 Å². The highest BCUT2D eigenvalue weighted by Crippen LogP contribution is 2.24. The van der Waals surface area contributed by atoms with Crippen molar-refractivity contribution in [3.8, 4) is 5.75 Å². The van der Waals surface area contributed by atoms with Gasteiger partial charge in [0.1, 0.15) is 11.9 Å². The van der Waals surface area contributed by atoms with Crippen LogP contribution in [-0.4, -0.2) is 31.4 Å². The van der Waals surface area contributed by atoms with Crippen LogP contribution in [0.3, 0.4) is 0 Å². The minimum Gasteiger partial charge on any atom is -0.497 e.